The lowest BCUT2D eigenvalue weighted by molar-refractivity contribution is 0.0930. The van der Waals surface area contributed by atoms with Crippen molar-refractivity contribution in [1.29, 1.82) is 0 Å². The van der Waals surface area contributed by atoms with Crippen molar-refractivity contribution in [2.75, 3.05) is 24.4 Å². The second-order valence-corrected chi connectivity index (χ2v) is 10.0. The van der Waals surface area contributed by atoms with Gasteiger partial charge in [-0.25, -0.2) is 4.98 Å². The van der Waals surface area contributed by atoms with Crippen LogP contribution in [0, 0.1) is 0 Å². The summed E-state index contributed by atoms with van der Waals surface area (Å²) in [5.41, 5.74) is 4.36. The first-order valence-electron chi connectivity index (χ1n) is 13.1. The van der Waals surface area contributed by atoms with E-state index in [1.807, 2.05) is 68.4 Å². The molecule has 1 atom stereocenters. The molecule has 2 aromatic carbocycles. The Morgan fingerprint density at radius 2 is 1.90 bits per heavy atom. The minimum atomic E-state index is -0.515. The van der Waals surface area contributed by atoms with Crippen molar-refractivity contribution in [3.63, 3.8) is 0 Å². The number of hydrogen-bond acceptors (Lipinski definition) is 11. The first kappa shape index (κ1) is 26.6. The molecular formula is C29H28BN7O4. The van der Waals surface area contributed by atoms with Crippen LogP contribution in [-0.4, -0.2) is 51.0 Å². The summed E-state index contributed by atoms with van der Waals surface area (Å²) in [5.74, 6) is 1.37. The van der Waals surface area contributed by atoms with Gasteiger partial charge in [0.25, 0.3) is 5.89 Å². The largest absolute Gasteiger partial charge is 0.494 e. The van der Waals surface area contributed by atoms with Crippen LogP contribution in [0.4, 0.5) is 17.5 Å². The lowest BCUT2D eigenvalue weighted by atomic mass is 9.77. The maximum absolute atomic E-state index is 10.2. The molecule has 41 heavy (non-hydrogen) atoms. The first-order valence-corrected chi connectivity index (χ1v) is 13.1. The SMILES string of the molecule is COB1OC(C)(C)c2cc(Nc3ncc(-c4nc(-c5cccnc5)no4)c(N[C@H](CO)c4ccccc4)n3)ccc21. The van der Waals surface area contributed by atoms with Gasteiger partial charge in [-0.15, -0.1) is 0 Å². The van der Waals surface area contributed by atoms with Crippen LogP contribution in [0.15, 0.2) is 83.8 Å². The number of benzene rings is 2. The lowest BCUT2D eigenvalue weighted by Crippen LogP contribution is -2.31. The molecule has 0 unspecified atom stereocenters. The molecule has 12 heteroatoms. The molecular weight excluding hydrogens is 521 g/mol. The third-order valence-electron chi connectivity index (χ3n) is 6.89. The molecule has 0 radical (unpaired) electrons. The Hall–Kier alpha value is -4.65. The predicted molar refractivity (Wildman–Crippen MR) is 155 cm³/mol. The van der Waals surface area contributed by atoms with Crippen molar-refractivity contribution in [3.05, 3.63) is 90.4 Å². The zero-order valence-corrected chi connectivity index (χ0v) is 22.8. The Labute approximate surface area is 237 Å². The van der Waals surface area contributed by atoms with Crippen molar-refractivity contribution in [3.8, 4) is 22.8 Å². The molecule has 0 spiro atoms. The van der Waals surface area contributed by atoms with Crippen molar-refractivity contribution >= 4 is 30.0 Å². The zero-order chi connectivity index (χ0) is 28.4. The Bertz CT molecular complexity index is 1650. The molecule has 1 aliphatic rings. The quantitative estimate of drug-likeness (QED) is 0.229. The molecule has 11 nitrogen and oxygen atoms in total. The van der Waals surface area contributed by atoms with Gasteiger partial charge < -0.3 is 29.6 Å². The van der Waals surface area contributed by atoms with Crippen LogP contribution in [0.3, 0.4) is 0 Å². The summed E-state index contributed by atoms with van der Waals surface area (Å²) < 4.78 is 17.1. The molecule has 0 amide bonds. The summed E-state index contributed by atoms with van der Waals surface area (Å²) >= 11 is 0. The Balaban J connectivity index is 1.35. The van der Waals surface area contributed by atoms with Crippen LogP contribution in [0.25, 0.3) is 22.8 Å². The van der Waals surface area contributed by atoms with Gasteiger partial charge in [0.15, 0.2) is 0 Å². The smallest absolute Gasteiger partial charge is 0.410 e. The molecule has 3 N–H and O–H groups in total. The second-order valence-electron chi connectivity index (χ2n) is 10.0. The van der Waals surface area contributed by atoms with E-state index in [-0.39, 0.29) is 12.5 Å². The zero-order valence-electron chi connectivity index (χ0n) is 22.8. The molecule has 0 saturated carbocycles. The average molecular weight is 549 g/mol. The highest BCUT2D eigenvalue weighted by molar-refractivity contribution is 6.63. The summed E-state index contributed by atoms with van der Waals surface area (Å²) in [4.78, 5) is 18.0. The van der Waals surface area contributed by atoms with Gasteiger partial charge in [-0.1, -0.05) is 41.6 Å². The van der Waals surface area contributed by atoms with Gasteiger partial charge in [0.1, 0.15) is 11.4 Å². The van der Waals surface area contributed by atoms with Crippen molar-refractivity contribution in [1.82, 2.24) is 25.1 Å². The van der Waals surface area contributed by atoms with E-state index in [0.29, 0.717) is 28.7 Å². The lowest BCUT2D eigenvalue weighted by Gasteiger charge is -2.21. The van der Waals surface area contributed by atoms with Crippen LogP contribution >= 0.6 is 0 Å². The van der Waals surface area contributed by atoms with E-state index < -0.39 is 18.8 Å². The van der Waals surface area contributed by atoms with Gasteiger partial charge in [-0.3, -0.25) is 4.98 Å². The number of aliphatic hydroxyl groups is 1. The number of nitrogens with one attached hydrogen (secondary N) is 2. The summed E-state index contributed by atoms with van der Waals surface area (Å²) in [5, 5.41) is 21.0. The number of rotatable bonds is 9. The molecule has 0 bridgehead atoms. The first-order chi connectivity index (χ1) is 19.9. The maximum atomic E-state index is 10.2. The van der Waals surface area contributed by atoms with E-state index in [2.05, 4.69) is 30.7 Å². The van der Waals surface area contributed by atoms with Gasteiger partial charge in [-0.05, 0) is 54.7 Å². The topological polar surface area (TPSA) is 140 Å². The fourth-order valence-electron chi connectivity index (χ4n) is 4.80. The molecule has 6 rings (SSSR count). The van der Waals surface area contributed by atoms with E-state index in [4.69, 9.17) is 18.8 Å². The second kappa shape index (κ2) is 11.1. The fraction of sp³-hybridized carbons (Fsp3) is 0.207. The molecule has 3 aromatic heterocycles. The van der Waals surface area contributed by atoms with E-state index in [1.165, 1.54) is 0 Å². The normalized spacial score (nSPS) is 14.5. The number of hydrogen-bond donors (Lipinski definition) is 3. The highest BCUT2D eigenvalue weighted by atomic mass is 16.6. The van der Waals surface area contributed by atoms with Crippen LogP contribution in [0.1, 0.15) is 31.0 Å². The summed E-state index contributed by atoms with van der Waals surface area (Å²) in [6.45, 7) is 3.84. The Kier molecular flexibility index (Phi) is 7.18. The van der Waals surface area contributed by atoms with Gasteiger partial charge in [0.2, 0.25) is 11.8 Å². The Morgan fingerprint density at radius 1 is 1.05 bits per heavy atom. The molecule has 0 saturated heterocycles. The third-order valence-corrected chi connectivity index (χ3v) is 6.89. The third kappa shape index (κ3) is 5.40. The maximum Gasteiger partial charge on any atom is 0.494 e. The Morgan fingerprint density at radius 3 is 2.66 bits per heavy atom. The summed E-state index contributed by atoms with van der Waals surface area (Å²) in [7, 11) is 1.21. The molecule has 0 fully saturated rings. The standard InChI is InChI=1S/C29H28BN7O4/c1-29(2)22-14-20(11-12-23(22)30(39-3)41-29)33-28-32-16-21(27-35-25(37-40-27)19-10-7-13-31-15-19)26(36-28)34-24(17-38)18-8-5-4-6-9-18/h4-16,24,38H,17H2,1-3H3,(H2,32,33,34,36)/t24-/m1/s1. The molecule has 206 valence electrons. The minimum absolute atomic E-state index is 0.165. The predicted octanol–water partition coefficient (Wildman–Crippen LogP) is 4.08. The number of fused-ring (bicyclic) bond motifs is 1. The van der Waals surface area contributed by atoms with E-state index in [9.17, 15) is 5.11 Å². The number of aromatic nitrogens is 5. The molecule has 5 aromatic rings. The van der Waals surface area contributed by atoms with E-state index >= 15 is 0 Å². The van der Waals surface area contributed by atoms with Crippen LogP contribution in [-0.2, 0) is 14.9 Å². The number of aliphatic hydroxyl groups excluding tert-OH is 1. The van der Waals surface area contributed by atoms with Gasteiger partial charge in [-0.2, -0.15) is 9.97 Å². The summed E-state index contributed by atoms with van der Waals surface area (Å²) in [6, 6.07) is 18.7. The number of anilines is 3. The monoisotopic (exact) mass is 549 g/mol. The van der Waals surface area contributed by atoms with E-state index in [1.54, 1.807) is 31.8 Å². The highest BCUT2D eigenvalue weighted by Gasteiger charge is 2.42. The highest BCUT2D eigenvalue weighted by Crippen LogP contribution is 2.34. The molecule has 1 aliphatic heterocycles. The van der Waals surface area contributed by atoms with Gasteiger partial charge in [0, 0.05) is 37.0 Å². The van der Waals surface area contributed by atoms with Crippen molar-refractivity contribution in [2.24, 2.45) is 0 Å². The van der Waals surface area contributed by atoms with Crippen LogP contribution in [0.2, 0.25) is 0 Å². The number of pyridine rings is 1. The van der Waals surface area contributed by atoms with Gasteiger partial charge in [0.05, 0.1) is 18.2 Å². The van der Waals surface area contributed by atoms with Crippen molar-refractivity contribution in [2.45, 2.75) is 25.5 Å². The average Bonchev–Trinajstić information content (AvgIpc) is 3.59. The summed E-state index contributed by atoms with van der Waals surface area (Å²) in [6.07, 6.45) is 4.95. The number of nitrogens with zero attached hydrogens (tertiary/aromatic N) is 5. The molecule has 0 aliphatic carbocycles. The van der Waals surface area contributed by atoms with Crippen LogP contribution < -0.4 is 16.1 Å². The minimum Gasteiger partial charge on any atom is -0.410 e. The van der Waals surface area contributed by atoms with E-state index in [0.717, 1.165) is 22.3 Å². The van der Waals surface area contributed by atoms with Crippen LogP contribution in [0.5, 0.6) is 0 Å². The fourth-order valence-corrected chi connectivity index (χ4v) is 4.80. The van der Waals surface area contributed by atoms with Crippen molar-refractivity contribution < 1.29 is 18.9 Å². The molecule has 4 heterocycles. The van der Waals surface area contributed by atoms with Gasteiger partial charge >= 0.3 is 7.12 Å².